The molecule has 0 amide bonds. The van der Waals surface area contributed by atoms with Crippen LogP contribution in [0.15, 0.2) is 0 Å². The molecule has 10 heavy (non-hydrogen) atoms. The second-order valence-corrected chi connectivity index (χ2v) is 2.94. The van der Waals surface area contributed by atoms with Crippen molar-refractivity contribution < 1.29 is 0 Å². The lowest BCUT2D eigenvalue weighted by molar-refractivity contribution is 0.386. The highest BCUT2D eigenvalue weighted by molar-refractivity contribution is 5.77. The van der Waals surface area contributed by atoms with Gasteiger partial charge < -0.3 is 11.1 Å². The number of hydrogen-bond donors (Lipinski definition) is 3. The van der Waals surface area contributed by atoms with Crippen molar-refractivity contribution in [3.63, 3.8) is 0 Å². The van der Waals surface area contributed by atoms with Gasteiger partial charge in [0.05, 0.1) is 5.84 Å². The third-order valence-electron chi connectivity index (χ3n) is 1.91. The summed E-state index contributed by atoms with van der Waals surface area (Å²) in [6.45, 7) is 2.17. The van der Waals surface area contributed by atoms with Crippen molar-refractivity contribution in [3.05, 3.63) is 0 Å². The van der Waals surface area contributed by atoms with Crippen LogP contribution in [-0.2, 0) is 0 Å². The van der Waals surface area contributed by atoms with Gasteiger partial charge in [-0.2, -0.15) is 0 Å². The van der Waals surface area contributed by atoms with Crippen LogP contribution in [0.3, 0.4) is 0 Å². The number of piperidine rings is 1. The molecule has 0 aromatic heterocycles. The van der Waals surface area contributed by atoms with E-state index in [4.69, 9.17) is 11.1 Å². The van der Waals surface area contributed by atoms with Crippen molar-refractivity contribution in [2.75, 3.05) is 13.1 Å². The fraction of sp³-hybridized carbons (Fsp3) is 0.857. The number of nitrogens with two attached hydrogens (primary N) is 1. The molecule has 0 aliphatic carbocycles. The maximum atomic E-state index is 7.08. The molecule has 58 valence electrons. The Labute approximate surface area is 61.5 Å². The Bertz CT molecular complexity index is 116. The summed E-state index contributed by atoms with van der Waals surface area (Å²) in [5, 5.41) is 10.4. The standard InChI is InChI=1S/C7H15N3/c8-7(9)4-6-2-1-3-10-5-6/h6,10H,1-5H2,(H3,8,9). The van der Waals surface area contributed by atoms with Crippen LogP contribution in [0.25, 0.3) is 0 Å². The summed E-state index contributed by atoms with van der Waals surface area (Å²) < 4.78 is 0. The van der Waals surface area contributed by atoms with Crippen LogP contribution in [0.5, 0.6) is 0 Å². The molecule has 1 aliphatic heterocycles. The van der Waals surface area contributed by atoms with Gasteiger partial charge in [0.2, 0.25) is 0 Å². The molecule has 0 radical (unpaired) electrons. The van der Waals surface area contributed by atoms with Gasteiger partial charge in [0.15, 0.2) is 0 Å². The van der Waals surface area contributed by atoms with Crippen LogP contribution in [-0.4, -0.2) is 18.9 Å². The predicted molar refractivity (Wildman–Crippen MR) is 42.1 cm³/mol. The van der Waals surface area contributed by atoms with E-state index in [0.717, 1.165) is 19.5 Å². The van der Waals surface area contributed by atoms with Gasteiger partial charge in [0.1, 0.15) is 0 Å². The fourth-order valence-electron chi connectivity index (χ4n) is 1.41. The predicted octanol–water partition coefficient (Wildman–Crippen LogP) is 0.312. The van der Waals surface area contributed by atoms with Crippen LogP contribution in [0.2, 0.25) is 0 Å². The molecule has 1 saturated heterocycles. The molecule has 0 bridgehead atoms. The summed E-state index contributed by atoms with van der Waals surface area (Å²) >= 11 is 0. The van der Waals surface area contributed by atoms with Crippen molar-refractivity contribution >= 4 is 5.84 Å². The summed E-state index contributed by atoms with van der Waals surface area (Å²) in [7, 11) is 0. The minimum absolute atomic E-state index is 0.328. The third-order valence-corrected chi connectivity index (χ3v) is 1.91. The molecule has 0 spiro atoms. The number of hydrogen-bond acceptors (Lipinski definition) is 2. The molecular formula is C7H15N3. The average Bonchev–Trinajstić information content (AvgIpc) is 1.88. The zero-order chi connectivity index (χ0) is 7.40. The van der Waals surface area contributed by atoms with Gasteiger partial charge in [-0.3, -0.25) is 5.41 Å². The fourth-order valence-corrected chi connectivity index (χ4v) is 1.41. The highest BCUT2D eigenvalue weighted by Gasteiger charge is 2.12. The van der Waals surface area contributed by atoms with E-state index in [9.17, 15) is 0 Å². The van der Waals surface area contributed by atoms with E-state index in [2.05, 4.69) is 5.32 Å². The Morgan fingerprint density at radius 1 is 1.70 bits per heavy atom. The van der Waals surface area contributed by atoms with Gasteiger partial charge in [-0.25, -0.2) is 0 Å². The topological polar surface area (TPSA) is 61.9 Å². The Morgan fingerprint density at radius 2 is 2.50 bits per heavy atom. The van der Waals surface area contributed by atoms with E-state index >= 15 is 0 Å². The molecule has 0 aromatic carbocycles. The quantitative estimate of drug-likeness (QED) is 0.383. The number of rotatable bonds is 2. The summed E-state index contributed by atoms with van der Waals surface area (Å²) in [5.41, 5.74) is 5.28. The molecule has 1 aliphatic rings. The zero-order valence-electron chi connectivity index (χ0n) is 6.19. The van der Waals surface area contributed by atoms with Crippen molar-refractivity contribution in [2.24, 2.45) is 11.7 Å². The number of amidine groups is 1. The lowest BCUT2D eigenvalue weighted by atomic mass is 9.96. The molecule has 1 unspecified atom stereocenters. The van der Waals surface area contributed by atoms with E-state index in [1.54, 1.807) is 0 Å². The maximum absolute atomic E-state index is 7.08. The normalized spacial score (nSPS) is 26.2. The second kappa shape index (κ2) is 3.56. The summed E-state index contributed by atoms with van der Waals surface area (Å²) in [6.07, 6.45) is 3.23. The van der Waals surface area contributed by atoms with Crippen molar-refractivity contribution in [1.82, 2.24) is 5.32 Å². The van der Waals surface area contributed by atoms with E-state index < -0.39 is 0 Å². The maximum Gasteiger partial charge on any atom is 0.0908 e. The van der Waals surface area contributed by atoms with Crippen molar-refractivity contribution in [3.8, 4) is 0 Å². The molecule has 3 nitrogen and oxygen atoms in total. The molecule has 1 fully saturated rings. The van der Waals surface area contributed by atoms with Gasteiger partial charge in [0.25, 0.3) is 0 Å². The Kier molecular flexibility index (Phi) is 2.68. The Hall–Kier alpha value is -0.570. The minimum Gasteiger partial charge on any atom is -0.388 e. The number of nitrogens with one attached hydrogen (secondary N) is 2. The van der Waals surface area contributed by atoms with Crippen LogP contribution < -0.4 is 11.1 Å². The molecule has 1 atom stereocenters. The van der Waals surface area contributed by atoms with E-state index in [1.165, 1.54) is 12.8 Å². The molecule has 4 N–H and O–H groups in total. The van der Waals surface area contributed by atoms with E-state index in [0.29, 0.717) is 11.8 Å². The van der Waals surface area contributed by atoms with E-state index in [1.807, 2.05) is 0 Å². The van der Waals surface area contributed by atoms with Crippen LogP contribution in [0.4, 0.5) is 0 Å². The summed E-state index contributed by atoms with van der Waals surface area (Å²) in [6, 6.07) is 0. The Balaban J connectivity index is 2.19. The smallest absolute Gasteiger partial charge is 0.0908 e. The van der Waals surface area contributed by atoms with Gasteiger partial charge in [-0.05, 0) is 31.8 Å². The molecule has 3 heteroatoms. The van der Waals surface area contributed by atoms with Gasteiger partial charge in [0, 0.05) is 6.42 Å². The zero-order valence-corrected chi connectivity index (χ0v) is 6.19. The molecule has 1 heterocycles. The van der Waals surface area contributed by atoms with Crippen molar-refractivity contribution in [1.29, 1.82) is 5.41 Å². The van der Waals surface area contributed by atoms with Gasteiger partial charge in [-0.1, -0.05) is 0 Å². The van der Waals surface area contributed by atoms with Gasteiger partial charge in [-0.15, -0.1) is 0 Å². The second-order valence-electron chi connectivity index (χ2n) is 2.94. The monoisotopic (exact) mass is 141 g/mol. The summed E-state index contributed by atoms with van der Waals surface area (Å²) in [4.78, 5) is 0. The SMILES string of the molecule is N=C(N)CC1CCCNC1. The molecule has 1 rings (SSSR count). The average molecular weight is 141 g/mol. The highest BCUT2D eigenvalue weighted by atomic mass is 14.9. The van der Waals surface area contributed by atoms with Crippen molar-refractivity contribution in [2.45, 2.75) is 19.3 Å². The lowest BCUT2D eigenvalue weighted by Gasteiger charge is -2.21. The first-order valence-corrected chi connectivity index (χ1v) is 3.82. The minimum atomic E-state index is 0.328. The molecular weight excluding hydrogens is 126 g/mol. The van der Waals surface area contributed by atoms with Crippen LogP contribution >= 0.6 is 0 Å². The van der Waals surface area contributed by atoms with Crippen LogP contribution in [0.1, 0.15) is 19.3 Å². The summed E-state index contributed by atoms with van der Waals surface area (Å²) in [5.74, 6) is 0.944. The molecule has 0 aromatic rings. The largest absolute Gasteiger partial charge is 0.388 e. The molecule has 0 saturated carbocycles. The van der Waals surface area contributed by atoms with Gasteiger partial charge >= 0.3 is 0 Å². The Morgan fingerprint density at radius 3 is 3.00 bits per heavy atom. The highest BCUT2D eigenvalue weighted by Crippen LogP contribution is 2.12. The first kappa shape index (κ1) is 7.54. The third kappa shape index (κ3) is 2.35. The first-order valence-electron chi connectivity index (χ1n) is 3.82. The first-order chi connectivity index (χ1) is 4.79. The van der Waals surface area contributed by atoms with E-state index in [-0.39, 0.29) is 0 Å². The van der Waals surface area contributed by atoms with Crippen LogP contribution in [0, 0.1) is 11.3 Å². The lowest BCUT2D eigenvalue weighted by Crippen LogP contribution is -2.32.